The fraction of sp³-hybridized carbons (Fsp3) is 0.280. The molecule has 0 saturated carbocycles. The second-order valence-corrected chi connectivity index (χ2v) is 7.45. The number of rotatable bonds is 7. The molecule has 150 valence electrons. The molecule has 0 aliphatic carbocycles. The Morgan fingerprint density at radius 2 is 1.76 bits per heavy atom. The standard InChI is InChI=1S/C25H27NO3/c1-28-25-12-5-4-11-24(25)20-9-6-10-23(15-20)29-18-22(27)17-26-14-13-19-7-2-3-8-21(19)16-26/h2-12,15,22,27H,13-14,16-18H2,1H3. The second-order valence-electron chi connectivity index (χ2n) is 7.45. The van der Waals surface area contributed by atoms with Crippen molar-refractivity contribution in [2.45, 2.75) is 19.1 Å². The normalized spacial score (nSPS) is 14.8. The number of aliphatic hydroxyl groups excluding tert-OH is 1. The third-order valence-corrected chi connectivity index (χ3v) is 5.37. The van der Waals surface area contributed by atoms with Gasteiger partial charge in [-0.3, -0.25) is 4.90 Å². The van der Waals surface area contributed by atoms with Crippen molar-refractivity contribution in [3.63, 3.8) is 0 Å². The van der Waals surface area contributed by atoms with Crippen molar-refractivity contribution >= 4 is 0 Å². The highest BCUT2D eigenvalue weighted by atomic mass is 16.5. The van der Waals surface area contributed by atoms with Gasteiger partial charge in [-0.2, -0.15) is 0 Å². The minimum atomic E-state index is -0.532. The zero-order valence-electron chi connectivity index (χ0n) is 16.8. The zero-order chi connectivity index (χ0) is 20.1. The summed E-state index contributed by atoms with van der Waals surface area (Å²) < 4.78 is 11.4. The number of nitrogens with zero attached hydrogens (tertiary/aromatic N) is 1. The quantitative estimate of drug-likeness (QED) is 0.659. The average Bonchev–Trinajstić information content (AvgIpc) is 2.78. The van der Waals surface area contributed by atoms with Crippen LogP contribution in [0.4, 0.5) is 0 Å². The minimum absolute atomic E-state index is 0.271. The van der Waals surface area contributed by atoms with E-state index in [1.54, 1.807) is 7.11 Å². The van der Waals surface area contributed by atoms with E-state index in [-0.39, 0.29) is 6.61 Å². The Balaban J connectivity index is 1.35. The van der Waals surface area contributed by atoms with E-state index in [4.69, 9.17) is 9.47 Å². The Hall–Kier alpha value is -2.82. The molecule has 1 aliphatic heterocycles. The lowest BCUT2D eigenvalue weighted by molar-refractivity contribution is 0.0638. The van der Waals surface area contributed by atoms with Gasteiger partial charge in [-0.25, -0.2) is 0 Å². The Morgan fingerprint density at radius 1 is 0.966 bits per heavy atom. The van der Waals surface area contributed by atoms with Crippen LogP contribution in [0.2, 0.25) is 0 Å². The Bertz CT molecular complexity index is 956. The van der Waals surface area contributed by atoms with Gasteiger partial charge in [-0.1, -0.05) is 54.6 Å². The lowest BCUT2D eigenvalue weighted by Crippen LogP contribution is -2.38. The Kier molecular flexibility index (Phi) is 6.13. The number of methoxy groups -OCH3 is 1. The van der Waals surface area contributed by atoms with E-state index in [1.807, 2.05) is 48.5 Å². The number of hydrogen-bond acceptors (Lipinski definition) is 4. The lowest BCUT2D eigenvalue weighted by atomic mass is 10.00. The maximum absolute atomic E-state index is 10.5. The Morgan fingerprint density at radius 3 is 2.62 bits per heavy atom. The SMILES string of the molecule is COc1ccccc1-c1cccc(OCC(O)CN2CCc3ccccc3C2)c1. The van der Waals surface area contributed by atoms with Crippen molar-refractivity contribution < 1.29 is 14.6 Å². The van der Waals surface area contributed by atoms with Gasteiger partial charge in [-0.15, -0.1) is 0 Å². The van der Waals surface area contributed by atoms with Gasteiger partial charge in [0.2, 0.25) is 0 Å². The highest BCUT2D eigenvalue weighted by Crippen LogP contribution is 2.31. The molecular weight excluding hydrogens is 362 g/mol. The molecule has 29 heavy (non-hydrogen) atoms. The lowest BCUT2D eigenvalue weighted by Gasteiger charge is -2.30. The fourth-order valence-electron chi connectivity index (χ4n) is 3.89. The minimum Gasteiger partial charge on any atom is -0.496 e. The van der Waals surface area contributed by atoms with Crippen LogP contribution in [-0.4, -0.2) is 42.9 Å². The molecule has 1 aliphatic rings. The van der Waals surface area contributed by atoms with Gasteiger partial charge >= 0.3 is 0 Å². The van der Waals surface area contributed by atoms with Crippen LogP contribution in [0, 0.1) is 0 Å². The van der Waals surface area contributed by atoms with E-state index in [0.717, 1.165) is 42.1 Å². The number of hydrogen-bond donors (Lipinski definition) is 1. The first kappa shape index (κ1) is 19.5. The van der Waals surface area contributed by atoms with Gasteiger partial charge in [0.05, 0.1) is 7.11 Å². The summed E-state index contributed by atoms with van der Waals surface area (Å²) in [5, 5.41) is 10.5. The van der Waals surface area contributed by atoms with Crippen LogP contribution in [-0.2, 0) is 13.0 Å². The highest BCUT2D eigenvalue weighted by Gasteiger charge is 2.18. The summed E-state index contributed by atoms with van der Waals surface area (Å²) in [5.41, 5.74) is 4.83. The van der Waals surface area contributed by atoms with Crippen molar-refractivity contribution in [2.75, 3.05) is 26.8 Å². The van der Waals surface area contributed by atoms with E-state index in [2.05, 4.69) is 29.2 Å². The summed E-state index contributed by atoms with van der Waals surface area (Å²) in [6, 6.07) is 24.4. The van der Waals surface area contributed by atoms with Crippen molar-refractivity contribution in [3.05, 3.63) is 83.9 Å². The Labute approximate surface area is 172 Å². The smallest absolute Gasteiger partial charge is 0.126 e. The predicted molar refractivity (Wildman–Crippen MR) is 115 cm³/mol. The fourth-order valence-corrected chi connectivity index (χ4v) is 3.89. The van der Waals surface area contributed by atoms with Crippen molar-refractivity contribution in [1.29, 1.82) is 0 Å². The number of para-hydroxylation sites is 1. The van der Waals surface area contributed by atoms with E-state index in [9.17, 15) is 5.11 Å². The molecule has 0 amide bonds. The van der Waals surface area contributed by atoms with Gasteiger partial charge in [-0.05, 0) is 41.3 Å². The molecule has 4 rings (SSSR count). The van der Waals surface area contributed by atoms with Gasteiger partial charge in [0.1, 0.15) is 24.2 Å². The topological polar surface area (TPSA) is 41.9 Å². The summed E-state index contributed by atoms with van der Waals surface area (Å²) in [4.78, 5) is 2.29. The van der Waals surface area contributed by atoms with Crippen LogP contribution in [0.5, 0.6) is 11.5 Å². The van der Waals surface area contributed by atoms with E-state index in [0.29, 0.717) is 6.54 Å². The van der Waals surface area contributed by atoms with Crippen molar-refractivity contribution in [1.82, 2.24) is 4.90 Å². The monoisotopic (exact) mass is 389 g/mol. The summed E-state index contributed by atoms with van der Waals surface area (Å²) in [7, 11) is 1.68. The molecule has 3 aromatic carbocycles. The summed E-state index contributed by atoms with van der Waals surface area (Å²) in [5.74, 6) is 1.58. The molecule has 3 aromatic rings. The molecule has 0 saturated heterocycles. The first-order chi connectivity index (χ1) is 14.2. The molecule has 4 heteroatoms. The molecule has 0 bridgehead atoms. The first-order valence-electron chi connectivity index (χ1n) is 10.1. The van der Waals surface area contributed by atoms with Gasteiger partial charge in [0, 0.05) is 25.2 Å². The molecule has 0 radical (unpaired) electrons. The van der Waals surface area contributed by atoms with Gasteiger partial charge < -0.3 is 14.6 Å². The molecule has 1 heterocycles. The summed E-state index contributed by atoms with van der Waals surface area (Å²) in [6.45, 7) is 2.74. The largest absolute Gasteiger partial charge is 0.496 e. The van der Waals surface area contributed by atoms with Crippen molar-refractivity contribution in [2.24, 2.45) is 0 Å². The summed E-state index contributed by atoms with van der Waals surface area (Å²) >= 11 is 0. The second kappa shape index (κ2) is 9.12. The molecule has 1 N–H and O–H groups in total. The molecule has 1 atom stereocenters. The number of aliphatic hydroxyl groups is 1. The highest BCUT2D eigenvalue weighted by molar-refractivity contribution is 5.71. The van der Waals surface area contributed by atoms with E-state index >= 15 is 0 Å². The molecule has 0 spiro atoms. The van der Waals surface area contributed by atoms with Gasteiger partial charge in [0.25, 0.3) is 0 Å². The molecule has 0 fully saturated rings. The van der Waals surface area contributed by atoms with Crippen molar-refractivity contribution in [3.8, 4) is 22.6 Å². The van der Waals surface area contributed by atoms with Crippen LogP contribution < -0.4 is 9.47 Å². The average molecular weight is 389 g/mol. The third kappa shape index (κ3) is 4.78. The van der Waals surface area contributed by atoms with Crippen LogP contribution in [0.15, 0.2) is 72.8 Å². The number of ether oxygens (including phenoxy) is 2. The predicted octanol–water partition coefficient (Wildman–Crippen LogP) is 4.16. The maximum Gasteiger partial charge on any atom is 0.126 e. The zero-order valence-corrected chi connectivity index (χ0v) is 16.8. The van der Waals surface area contributed by atoms with E-state index in [1.165, 1.54) is 11.1 Å². The molecule has 0 aromatic heterocycles. The third-order valence-electron chi connectivity index (χ3n) is 5.37. The van der Waals surface area contributed by atoms with Crippen LogP contribution in [0.1, 0.15) is 11.1 Å². The number of β-amino-alcohol motifs (C(OH)–C–C–N with tert-alkyl or cyclic N) is 1. The van der Waals surface area contributed by atoms with Crippen LogP contribution in [0.3, 0.4) is 0 Å². The van der Waals surface area contributed by atoms with Gasteiger partial charge in [0.15, 0.2) is 0 Å². The summed E-state index contributed by atoms with van der Waals surface area (Å²) in [6.07, 6.45) is 0.500. The molecular formula is C25H27NO3. The number of fused-ring (bicyclic) bond motifs is 1. The molecule has 4 nitrogen and oxygen atoms in total. The maximum atomic E-state index is 10.5. The first-order valence-corrected chi connectivity index (χ1v) is 10.1. The van der Waals surface area contributed by atoms with Crippen LogP contribution in [0.25, 0.3) is 11.1 Å². The van der Waals surface area contributed by atoms with E-state index < -0.39 is 6.10 Å². The molecule has 1 unspecified atom stereocenters. The number of benzene rings is 3. The van der Waals surface area contributed by atoms with Crippen LogP contribution >= 0.6 is 0 Å².